The molecular weight excluding hydrogens is 238 g/mol. The maximum absolute atomic E-state index is 3.57. The number of hydrogen-bond acceptors (Lipinski definition) is 1. The molecule has 0 radical (unpaired) electrons. The molecule has 0 aliphatic carbocycles. The summed E-state index contributed by atoms with van der Waals surface area (Å²) in [6, 6.07) is 7.25. The molecule has 0 aromatic heterocycles. The van der Waals surface area contributed by atoms with Crippen LogP contribution in [0.15, 0.2) is 22.7 Å². The number of piperidine rings is 1. The molecule has 1 saturated heterocycles. The van der Waals surface area contributed by atoms with Crippen LogP contribution in [-0.4, -0.2) is 6.54 Å². The van der Waals surface area contributed by atoms with Gasteiger partial charge in [-0.15, -0.1) is 0 Å². The first-order valence-electron chi connectivity index (χ1n) is 5.26. The highest BCUT2D eigenvalue weighted by molar-refractivity contribution is 9.10. The van der Waals surface area contributed by atoms with Crippen molar-refractivity contribution < 1.29 is 0 Å². The second-order valence-corrected chi connectivity index (χ2v) is 4.98. The Morgan fingerprint density at radius 3 is 2.79 bits per heavy atom. The van der Waals surface area contributed by atoms with E-state index in [0.717, 1.165) is 6.54 Å². The lowest BCUT2D eigenvalue weighted by Crippen LogP contribution is -2.26. The summed E-state index contributed by atoms with van der Waals surface area (Å²) in [4.78, 5) is 0. The number of rotatable bonds is 1. The highest BCUT2D eigenvalue weighted by Gasteiger charge is 2.14. The Bertz CT molecular complexity index is 296. The van der Waals surface area contributed by atoms with Gasteiger partial charge in [0, 0.05) is 10.5 Å². The van der Waals surface area contributed by atoms with E-state index in [2.05, 4.69) is 46.4 Å². The second-order valence-electron chi connectivity index (χ2n) is 4.06. The van der Waals surface area contributed by atoms with Gasteiger partial charge in [0.15, 0.2) is 0 Å². The third-order valence-electron chi connectivity index (χ3n) is 2.78. The maximum Gasteiger partial charge on any atom is 0.0320 e. The standard InChI is InChI=1S/C12H16BrN/c1-9-6-10(8-11(13)7-9)12-4-2-3-5-14-12/h6-8,12,14H,2-5H2,1H3/t12-/m1/s1. The Morgan fingerprint density at radius 1 is 1.29 bits per heavy atom. The lowest BCUT2D eigenvalue weighted by atomic mass is 9.96. The molecule has 1 aliphatic rings. The second kappa shape index (κ2) is 4.45. The van der Waals surface area contributed by atoms with E-state index in [1.807, 2.05) is 0 Å². The zero-order chi connectivity index (χ0) is 9.97. The lowest BCUT2D eigenvalue weighted by molar-refractivity contribution is 0.412. The summed E-state index contributed by atoms with van der Waals surface area (Å²) in [6.07, 6.45) is 3.95. The van der Waals surface area contributed by atoms with Crippen LogP contribution in [0.4, 0.5) is 0 Å². The molecule has 2 heteroatoms. The summed E-state index contributed by atoms with van der Waals surface area (Å²) >= 11 is 3.55. The van der Waals surface area contributed by atoms with Gasteiger partial charge in [-0.2, -0.15) is 0 Å². The Balaban J connectivity index is 2.21. The topological polar surface area (TPSA) is 12.0 Å². The number of hydrogen-bond donors (Lipinski definition) is 1. The van der Waals surface area contributed by atoms with Gasteiger partial charge in [-0.1, -0.05) is 28.4 Å². The number of aryl methyl sites for hydroxylation is 1. The van der Waals surface area contributed by atoms with Crippen molar-refractivity contribution in [3.8, 4) is 0 Å². The van der Waals surface area contributed by atoms with Crippen molar-refractivity contribution in [2.75, 3.05) is 6.54 Å². The van der Waals surface area contributed by atoms with Gasteiger partial charge in [0.2, 0.25) is 0 Å². The van der Waals surface area contributed by atoms with Crippen LogP contribution in [0.25, 0.3) is 0 Å². The van der Waals surface area contributed by atoms with Gasteiger partial charge in [0.05, 0.1) is 0 Å². The van der Waals surface area contributed by atoms with Gasteiger partial charge < -0.3 is 5.32 Å². The summed E-state index contributed by atoms with van der Waals surface area (Å²) < 4.78 is 1.19. The summed E-state index contributed by atoms with van der Waals surface area (Å²) in [5, 5.41) is 3.57. The normalized spacial score (nSPS) is 22.3. The molecule has 1 atom stereocenters. The van der Waals surface area contributed by atoms with E-state index in [-0.39, 0.29) is 0 Å². The van der Waals surface area contributed by atoms with Crippen LogP contribution >= 0.6 is 15.9 Å². The molecule has 1 aliphatic heterocycles. The molecule has 0 saturated carbocycles. The van der Waals surface area contributed by atoms with Crippen molar-refractivity contribution in [3.63, 3.8) is 0 Å². The average Bonchev–Trinajstić information content (AvgIpc) is 2.18. The molecule has 0 spiro atoms. The zero-order valence-electron chi connectivity index (χ0n) is 8.52. The van der Waals surface area contributed by atoms with Gasteiger partial charge in [-0.3, -0.25) is 0 Å². The molecule has 76 valence electrons. The maximum atomic E-state index is 3.57. The largest absolute Gasteiger partial charge is 0.310 e. The van der Waals surface area contributed by atoms with Gasteiger partial charge in [-0.05, 0) is 49.6 Å². The highest BCUT2D eigenvalue weighted by atomic mass is 79.9. The van der Waals surface area contributed by atoms with Crippen LogP contribution in [0.3, 0.4) is 0 Å². The SMILES string of the molecule is Cc1cc(Br)cc([C@H]2CCCCN2)c1. The molecule has 2 rings (SSSR count). The number of nitrogens with one attached hydrogen (secondary N) is 1. The molecule has 0 bridgehead atoms. The highest BCUT2D eigenvalue weighted by Crippen LogP contribution is 2.26. The molecule has 14 heavy (non-hydrogen) atoms. The van der Waals surface area contributed by atoms with Crippen LogP contribution in [0.5, 0.6) is 0 Å². The van der Waals surface area contributed by atoms with Gasteiger partial charge >= 0.3 is 0 Å². The Labute approximate surface area is 94.0 Å². The first-order valence-corrected chi connectivity index (χ1v) is 6.05. The minimum atomic E-state index is 0.569. The van der Waals surface area contributed by atoms with Gasteiger partial charge in [0.1, 0.15) is 0 Å². The van der Waals surface area contributed by atoms with E-state index in [0.29, 0.717) is 6.04 Å². The quantitative estimate of drug-likeness (QED) is 0.807. The van der Waals surface area contributed by atoms with Crippen LogP contribution in [0.2, 0.25) is 0 Å². The Morgan fingerprint density at radius 2 is 2.14 bits per heavy atom. The third-order valence-corrected chi connectivity index (χ3v) is 3.23. The predicted octanol–water partition coefficient (Wildman–Crippen LogP) is 3.57. The van der Waals surface area contributed by atoms with Crippen LogP contribution in [0, 0.1) is 6.92 Å². The van der Waals surface area contributed by atoms with Crippen LogP contribution in [-0.2, 0) is 0 Å². The first kappa shape index (κ1) is 10.2. The molecular formula is C12H16BrN. The van der Waals surface area contributed by atoms with E-state index in [4.69, 9.17) is 0 Å². The lowest BCUT2D eigenvalue weighted by Gasteiger charge is -2.24. The van der Waals surface area contributed by atoms with Gasteiger partial charge in [0.25, 0.3) is 0 Å². The van der Waals surface area contributed by atoms with Crippen molar-refractivity contribution in [1.29, 1.82) is 0 Å². The fraction of sp³-hybridized carbons (Fsp3) is 0.500. The summed E-state index contributed by atoms with van der Waals surface area (Å²) in [6.45, 7) is 3.31. The van der Waals surface area contributed by atoms with E-state index in [1.54, 1.807) is 0 Å². The molecule has 1 nitrogen and oxygen atoms in total. The average molecular weight is 254 g/mol. The smallest absolute Gasteiger partial charge is 0.0320 e. The molecule has 0 amide bonds. The minimum Gasteiger partial charge on any atom is -0.310 e. The molecule has 1 N–H and O–H groups in total. The van der Waals surface area contributed by atoms with Crippen molar-refractivity contribution >= 4 is 15.9 Å². The van der Waals surface area contributed by atoms with Crippen molar-refractivity contribution in [3.05, 3.63) is 33.8 Å². The van der Waals surface area contributed by atoms with Gasteiger partial charge in [-0.25, -0.2) is 0 Å². The summed E-state index contributed by atoms with van der Waals surface area (Å²) in [7, 11) is 0. The summed E-state index contributed by atoms with van der Waals surface area (Å²) in [5.41, 5.74) is 2.76. The van der Waals surface area contributed by atoms with E-state index in [1.165, 1.54) is 34.9 Å². The Hall–Kier alpha value is -0.340. The van der Waals surface area contributed by atoms with Crippen LogP contribution < -0.4 is 5.32 Å². The van der Waals surface area contributed by atoms with Crippen molar-refractivity contribution in [2.24, 2.45) is 0 Å². The number of halogens is 1. The zero-order valence-corrected chi connectivity index (χ0v) is 10.1. The summed E-state index contributed by atoms with van der Waals surface area (Å²) in [5.74, 6) is 0. The van der Waals surface area contributed by atoms with E-state index < -0.39 is 0 Å². The molecule has 1 aromatic carbocycles. The van der Waals surface area contributed by atoms with E-state index >= 15 is 0 Å². The first-order chi connectivity index (χ1) is 6.75. The minimum absolute atomic E-state index is 0.569. The van der Waals surface area contributed by atoms with Crippen molar-refractivity contribution in [2.45, 2.75) is 32.2 Å². The fourth-order valence-electron chi connectivity index (χ4n) is 2.10. The molecule has 1 heterocycles. The van der Waals surface area contributed by atoms with Crippen molar-refractivity contribution in [1.82, 2.24) is 5.32 Å². The Kier molecular flexibility index (Phi) is 3.24. The number of benzene rings is 1. The molecule has 0 unspecified atom stereocenters. The third kappa shape index (κ3) is 2.37. The molecule has 1 aromatic rings. The fourth-order valence-corrected chi connectivity index (χ4v) is 2.73. The van der Waals surface area contributed by atoms with Crippen LogP contribution in [0.1, 0.15) is 36.4 Å². The monoisotopic (exact) mass is 253 g/mol. The molecule has 1 fully saturated rings. The van der Waals surface area contributed by atoms with E-state index in [9.17, 15) is 0 Å². The predicted molar refractivity (Wildman–Crippen MR) is 63.5 cm³/mol.